The molecule has 1 saturated carbocycles. The first-order valence-electron chi connectivity index (χ1n) is 7.71. The van der Waals surface area contributed by atoms with Gasteiger partial charge in [0.2, 0.25) is 0 Å². The van der Waals surface area contributed by atoms with Gasteiger partial charge >= 0.3 is 0 Å². The van der Waals surface area contributed by atoms with Gasteiger partial charge in [0.25, 0.3) is 0 Å². The smallest absolute Gasteiger partial charge is 0.133 e. The molecule has 3 unspecified atom stereocenters. The minimum absolute atomic E-state index is 0.136. The molecule has 21 heavy (non-hydrogen) atoms. The largest absolute Gasteiger partial charge is 0.396 e. The standard InChI is InChI=1S/C17H22FNO2/c1-11(10-20)6-13-8-15(21)4-5-17(13)16-3-2-14(18)7-12(16)9-19-17/h2-3,7,11,13,19-20H,4-6,8-10H2,1H3. The van der Waals surface area contributed by atoms with Gasteiger partial charge in [0.1, 0.15) is 11.6 Å². The van der Waals surface area contributed by atoms with E-state index in [4.69, 9.17) is 0 Å². The Bertz CT molecular complexity index is 560. The fourth-order valence-electron chi connectivity index (χ4n) is 4.02. The first-order chi connectivity index (χ1) is 10.0. The summed E-state index contributed by atoms with van der Waals surface area (Å²) in [4.78, 5) is 11.9. The number of rotatable bonds is 3. The summed E-state index contributed by atoms with van der Waals surface area (Å²) in [5, 5.41) is 12.9. The van der Waals surface area contributed by atoms with Crippen molar-refractivity contribution in [2.45, 2.75) is 44.7 Å². The van der Waals surface area contributed by atoms with Gasteiger partial charge in [-0.3, -0.25) is 4.79 Å². The molecule has 0 radical (unpaired) electrons. The zero-order chi connectivity index (χ0) is 15.0. The van der Waals surface area contributed by atoms with E-state index in [0.717, 1.165) is 24.0 Å². The molecule has 2 aliphatic rings. The van der Waals surface area contributed by atoms with Crippen LogP contribution in [0.1, 0.15) is 43.7 Å². The number of hydrogen-bond acceptors (Lipinski definition) is 3. The molecule has 3 rings (SSSR count). The number of aliphatic hydroxyl groups is 1. The number of carbonyl (C=O) groups is 1. The Morgan fingerprint density at radius 2 is 2.33 bits per heavy atom. The molecule has 1 aliphatic heterocycles. The molecular formula is C17H22FNO2. The van der Waals surface area contributed by atoms with Crippen LogP contribution < -0.4 is 5.32 Å². The summed E-state index contributed by atoms with van der Waals surface area (Å²) in [6.07, 6.45) is 2.71. The van der Waals surface area contributed by atoms with Gasteiger partial charge < -0.3 is 10.4 Å². The van der Waals surface area contributed by atoms with Gasteiger partial charge in [-0.1, -0.05) is 13.0 Å². The molecular weight excluding hydrogens is 269 g/mol. The van der Waals surface area contributed by atoms with E-state index in [2.05, 4.69) is 5.32 Å². The molecule has 0 saturated heterocycles. The molecule has 3 atom stereocenters. The Morgan fingerprint density at radius 1 is 1.52 bits per heavy atom. The summed E-state index contributed by atoms with van der Waals surface area (Å²) in [7, 11) is 0. The summed E-state index contributed by atoms with van der Waals surface area (Å²) < 4.78 is 13.4. The van der Waals surface area contributed by atoms with E-state index in [-0.39, 0.29) is 29.8 Å². The molecule has 1 spiro atoms. The fraction of sp³-hybridized carbons (Fsp3) is 0.588. The summed E-state index contributed by atoms with van der Waals surface area (Å²) in [5.41, 5.74) is 1.93. The average molecular weight is 291 g/mol. The van der Waals surface area contributed by atoms with Crippen molar-refractivity contribution in [1.82, 2.24) is 5.32 Å². The molecule has 0 aromatic heterocycles. The normalized spacial score (nSPS) is 29.7. The van der Waals surface area contributed by atoms with E-state index < -0.39 is 0 Å². The van der Waals surface area contributed by atoms with Gasteiger partial charge in [-0.2, -0.15) is 0 Å². The fourth-order valence-corrected chi connectivity index (χ4v) is 4.02. The topological polar surface area (TPSA) is 49.3 Å². The van der Waals surface area contributed by atoms with Gasteiger partial charge in [-0.15, -0.1) is 0 Å². The first kappa shape index (κ1) is 14.7. The van der Waals surface area contributed by atoms with Gasteiger partial charge in [0, 0.05) is 31.5 Å². The number of nitrogens with one attached hydrogen (secondary N) is 1. The van der Waals surface area contributed by atoms with Crippen LogP contribution >= 0.6 is 0 Å². The minimum Gasteiger partial charge on any atom is -0.396 e. The van der Waals surface area contributed by atoms with Crippen LogP contribution in [0.2, 0.25) is 0 Å². The quantitative estimate of drug-likeness (QED) is 0.899. The molecule has 114 valence electrons. The number of Topliss-reactive ketones (excluding diaryl/α,β-unsaturated/α-hetero) is 1. The minimum atomic E-state index is -0.222. The van der Waals surface area contributed by atoms with Crippen LogP contribution in [0.5, 0.6) is 0 Å². The van der Waals surface area contributed by atoms with Crippen molar-refractivity contribution in [3.8, 4) is 0 Å². The third-order valence-corrected chi connectivity index (χ3v) is 5.11. The number of benzene rings is 1. The highest BCUT2D eigenvalue weighted by Gasteiger charge is 2.48. The number of hydrogen-bond donors (Lipinski definition) is 2. The Labute approximate surface area is 124 Å². The molecule has 1 aromatic rings. The highest BCUT2D eigenvalue weighted by atomic mass is 19.1. The van der Waals surface area contributed by atoms with Gasteiger partial charge in [0.05, 0.1) is 0 Å². The van der Waals surface area contributed by atoms with Gasteiger partial charge in [0.15, 0.2) is 0 Å². The lowest BCUT2D eigenvalue weighted by Gasteiger charge is -2.43. The first-order valence-corrected chi connectivity index (χ1v) is 7.71. The Morgan fingerprint density at radius 3 is 3.10 bits per heavy atom. The molecule has 1 aromatic carbocycles. The number of fused-ring (bicyclic) bond motifs is 2. The molecule has 3 nitrogen and oxygen atoms in total. The van der Waals surface area contributed by atoms with Crippen LogP contribution in [0.4, 0.5) is 4.39 Å². The third kappa shape index (κ3) is 2.51. The van der Waals surface area contributed by atoms with Crippen molar-refractivity contribution >= 4 is 5.78 Å². The Kier molecular flexibility index (Phi) is 3.84. The van der Waals surface area contributed by atoms with Crippen molar-refractivity contribution < 1.29 is 14.3 Å². The number of ketones is 1. The zero-order valence-electron chi connectivity index (χ0n) is 12.4. The van der Waals surface area contributed by atoms with Crippen LogP contribution in [-0.2, 0) is 16.9 Å². The van der Waals surface area contributed by atoms with E-state index in [1.807, 2.05) is 13.0 Å². The SMILES string of the molecule is CC(CO)CC1CC(=O)CCC12NCc1cc(F)ccc12. The number of halogens is 1. The molecule has 1 heterocycles. The highest BCUT2D eigenvalue weighted by molar-refractivity contribution is 5.80. The lowest BCUT2D eigenvalue weighted by Crippen LogP contribution is -2.48. The molecule has 4 heteroatoms. The van der Waals surface area contributed by atoms with Crippen molar-refractivity contribution in [2.24, 2.45) is 11.8 Å². The predicted octanol–water partition coefficient (Wildman–Crippen LogP) is 2.51. The second kappa shape index (κ2) is 5.50. The maximum atomic E-state index is 13.4. The summed E-state index contributed by atoms with van der Waals surface area (Å²) in [5.74, 6) is 0.435. The van der Waals surface area contributed by atoms with Crippen molar-refractivity contribution in [3.05, 3.63) is 35.1 Å². The second-order valence-corrected chi connectivity index (χ2v) is 6.59. The van der Waals surface area contributed by atoms with Gasteiger partial charge in [-0.25, -0.2) is 4.39 Å². The van der Waals surface area contributed by atoms with Crippen LogP contribution in [0.15, 0.2) is 18.2 Å². The molecule has 0 amide bonds. The van der Waals surface area contributed by atoms with Crippen molar-refractivity contribution in [3.63, 3.8) is 0 Å². The molecule has 2 N–H and O–H groups in total. The van der Waals surface area contributed by atoms with E-state index in [1.165, 1.54) is 6.07 Å². The number of aliphatic hydroxyl groups excluding tert-OH is 1. The van der Waals surface area contributed by atoms with Crippen molar-refractivity contribution in [1.29, 1.82) is 0 Å². The van der Waals surface area contributed by atoms with Crippen LogP contribution in [0, 0.1) is 17.7 Å². The monoisotopic (exact) mass is 291 g/mol. The van der Waals surface area contributed by atoms with Crippen molar-refractivity contribution in [2.75, 3.05) is 6.61 Å². The summed E-state index contributed by atoms with van der Waals surface area (Å²) in [6, 6.07) is 4.98. The third-order valence-electron chi connectivity index (χ3n) is 5.11. The second-order valence-electron chi connectivity index (χ2n) is 6.59. The lowest BCUT2D eigenvalue weighted by atomic mass is 9.66. The lowest BCUT2D eigenvalue weighted by molar-refractivity contribution is -0.124. The Hall–Kier alpha value is -1.26. The van der Waals surface area contributed by atoms with E-state index in [0.29, 0.717) is 25.2 Å². The zero-order valence-corrected chi connectivity index (χ0v) is 12.4. The predicted molar refractivity (Wildman–Crippen MR) is 78.1 cm³/mol. The average Bonchev–Trinajstić information content (AvgIpc) is 2.82. The maximum Gasteiger partial charge on any atom is 0.133 e. The van der Waals surface area contributed by atoms with Gasteiger partial charge in [-0.05, 0) is 47.9 Å². The van der Waals surface area contributed by atoms with E-state index in [9.17, 15) is 14.3 Å². The Balaban J connectivity index is 1.97. The maximum absolute atomic E-state index is 13.4. The highest BCUT2D eigenvalue weighted by Crippen LogP contribution is 2.47. The van der Waals surface area contributed by atoms with Crippen LogP contribution in [-0.4, -0.2) is 17.5 Å². The van der Waals surface area contributed by atoms with Crippen LogP contribution in [0.25, 0.3) is 0 Å². The van der Waals surface area contributed by atoms with Crippen LogP contribution in [0.3, 0.4) is 0 Å². The van der Waals surface area contributed by atoms with E-state index in [1.54, 1.807) is 6.07 Å². The summed E-state index contributed by atoms with van der Waals surface area (Å²) in [6.45, 7) is 2.80. The van der Waals surface area contributed by atoms with E-state index >= 15 is 0 Å². The molecule has 1 fully saturated rings. The summed E-state index contributed by atoms with van der Waals surface area (Å²) >= 11 is 0. The molecule has 0 bridgehead atoms. The number of carbonyl (C=O) groups excluding carboxylic acids is 1. The molecule has 1 aliphatic carbocycles.